The van der Waals surface area contributed by atoms with Gasteiger partial charge >= 0.3 is 0 Å². The van der Waals surface area contributed by atoms with Crippen molar-refractivity contribution in [2.24, 2.45) is 0 Å². The Bertz CT molecular complexity index is 324. The van der Waals surface area contributed by atoms with Crippen molar-refractivity contribution in [1.29, 1.82) is 0 Å². The topological polar surface area (TPSA) is 21.3 Å². The van der Waals surface area contributed by atoms with Crippen LogP contribution in [0.15, 0.2) is 24.3 Å². The molecule has 2 heteroatoms. The Kier molecular flexibility index (Phi) is 5.16. The fraction of sp³-hybridized carbons (Fsp3) is 0.600. The van der Waals surface area contributed by atoms with Crippen LogP contribution in [0, 0.1) is 0 Å². The van der Waals surface area contributed by atoms with Gasteiger partial charge in [-0.3, -0.25) is 4.84 Å². The van der Waals surface area contributed by atoms with E-state index in [0.717, 1.165) is 12.8 Å². The lowest BCUT2D eigenvalue weighted by Gasteiger charge is -2.24. The predicted octanol–water partition coefficient (Wildman–Crippen LogP) is 4.02. The zero-order chi connectivity index (χ0) is 12.9. The van der Waals surface area contributed by atoms with Gasteiger partial charge in [-0.15, -0.1) is 0 Å². The third-order valence-corrected chi connectivity index (χ3v) is 2.71. The van der Waals surface area contributed by atoms with Crippen molar-refractivity contribution in [2.45, 2.75) is 59.1 Å². The van der Waals surface area contributed by atoms with Crippen LogP contribution in [-0.2, 0) is 11.3 Å². The van der Waals surface area contributed by atoms with E-state index in [4.69, 9.17) is 4.84 Å². The molecular formula is C15H25NO. The molecule has 0 aliphatic rings. The van der Waals surface area contributed by atoms with Gasteiger partial charge in [0.1, 0.15) is 0 Å². The lowest BCUT2D eigenvalue weighted by Crippen LogP contribution is -2.31. The Labute approximate surface area is 105 Å². The predicted molar refractivity (Wildman–Crippen MR) is 72.8 cm³/mol. The number of nitrogens with one attached hydrogen (secondary N) is 1. The molecule has 0 aromatic heterocycles. The highest BCUT2D eigenvalue weighted by atomic mass is 16.7. The molecule has 0 saturated heterocycles. The second kappa shape index (κ2) is 6.18. The van der Waals surface area contributed by atoms with Crippen LogP contribution in [0.4, 0.5) is 0 Å². The zero-order valence-corrected chi connectivity index (χ0v) is 11.7. The molecular weight excluding hydrogens is 210 g/mol. The molecule has 0 aliphatic heterocycles. The second-order valence-electron chi connectivity index (χ2n) is 5.39. The largest absolute Gasteiger partial charge is 0.296 e. The number of rotatable bonds is 5. The van der Waals surface area contributed by atoms with Gasteiger partial charge in [-0.2, -0.15) is 5.48 Å². The van der Waals surface area contributed by atoms with Crippen molar-refractivity contribution in [1.82, 2.24) is 5.48 Å². The molecule has 1 atom stereocenters. The first-order chi connectivity index (χ1) is 7.96. The Hall–Kier alpha value is -0.860. The lowest BCUT2D eigenvalue weighted by atomic mass is 10.0. The van der Waals surface area contributed by atoms with Gasteiger partial charge in [0.2, 0.25) is 0 Å². The highest BCUT2D eigenvalue weighted by Crippen LogP contribution is 2.19. The van der Waals surface area contributed by atoms with Gasteiger partial charge in [-0.1, -0.05) is 38.1 Å². The van der Waals surface area contributed by atoms with E-state index in [1.54, 1.807) is 0 Å². The van der Waals surface area contributed by atoms with E-state index in [1.807, 2.05) is 20.8 Å². The first-order valence-corrected chi connectivity index (χ1v) is 6.48. The maximum atomic E-state index is 5.64. The lowest BCUT2D eigenvalue weighted by molar-refractivity contribution is -0.0896. The van der Waals surface area contributed by atoms with E-state index in [-0.39, 0.29) is 11.6 Å². The van der Waals surface area contributed by atoms with E-state index in [9.17, 15) is 0 Å². The van der Waals surface area contributed by atoms with Crippen LogP contribution >= 0.6 is 0 Å². The summed E-state index contributed by atoms with van der Waals surface area (Å²) in [5, 5.41) is 0. The Morgan fingerprint density at radius 1 is 1.12 bits per heavy atom. The Morgan fingerprint density at radius 2 is 1.71 bits per heavy atom. The molecule has 1 unspecified atom stereocenters. The van der Waals surface area contributed by atoms with Gasteiger partial charge in [0, 0.05) is 0 Å². The molecule has 0 spiro atoms. The molecule has 2 nitrogen and oxygen atoms in total. The molecule has 0 fully saturated rings. The smallest absolute Gasteiger partial charge is 0.0813 e. The van der Waals surface area contributed by atoms with E-state index >= 15 is 0 Å². The summed E-state index contributed by atoms with van der Waals surface area (Å²) in [6.07, 6.45) is 2.10. The molecule has 1 aromatic carbocycles. The van der Waals surface area contributed by atoms with Gasteiger partial charge in [0.05, 0.1) is 11.6 Å². The molecule has 0 saturated carbocycles. The summed E-state index contributed by atoms with van der Waals surface area (Å²) in [7, 11) is 0. The van der Waals surface area contributed by atoms with Crippen LogP contribution in [0.3, 0.4) is 0 Å². The quantitative estimate of drug-likeness (QED) is 0.778. The van der Waals surface area contributed by atoms with E-state index in [0.29, 0.717) is 0 Å². The minimum atomic E-state index is -0.156. The minimum absolute atomic E-state index is 0.156. The summed E-state index contributed by atoms with van der Waals surface area (Å²) in [6, 6.07) is 9.02. The second-order valence-corrected chi connectivity index (χ2v) is 5.39. The molecule has 0 bridgehead atoms. The first-order valence-electron chi connectivity index (χ1n) is 6.48. The van der Waals surface area contributed by atoms with E-state index < -0.39 is 0 Å². The first kappa shape index (κ1) is 14.2. The fourth-order valence-corrected chi connectivity index (χ4v) is 1.62. The Balaban J connectivity index is 2.66. The van der Waals surface area contributed by atoms with Crippen molar-refractivity contribution in [3.8, 4) is 0 Å². The van der Waals surface area contributed by atoms with Gasteiger partial charge in [-0.25, -0.2) is 0 Å². The summed E-state index contributed by atoms with van der Waals surface area (Å²) in [4.78, 5) is 5.64. The van der Waals surface area contributed by atoms with Crippen molar-refractivity contribution >= 4 is 0 Å². The van der Waals surface area contributed by atoms with Crippen LogP contribution in [0.1, 0.15) is 58.2 Å². The standard InChI is InChI=1S/C15H25NO/c1-6-12-8-10-13(11-9-12)14(7-2)16-17-15(3,4)5/h8-11,14,16H,6-7H2,1-5H3. The molecule has 0 radical (unpaired) electrons. The summed E-state index contributed by atoms with van der Waals surface area (Å²) >= 11 is 0. The fourth-order valence-electron chi connectivity index (χ4n) is 1.62. The third-order valence-electron chi connectivity index (χ3n) is 2.71. The van der Waals surface area contributed by atoms with Crippen LogP contribution in [0.5, 0.6) is 0 Å². The van der Waals surface area contributed by atoms with Gasteiger partial charge in [-0.05, 0) is 44.7 Å². The van der Waals surface area contributed by atoms with Gasteiger partial charge in [0.15, 0.2) is 0 Å². The number of hydroxylamine groups is 1. The summed E-state index contributed by atoms with van der Waals surface area (Å²) in [5.41, 5.74) is 5.67. The minimum Gasteiger partial charge on any atom is -0.296 e. The highest BCUT2D eigenvalue weighted by Gasteiger charge is 2.15. The molecule has 0 amide bonds. The molecule has 1 aromatic rings. The van der Waals surface area contributed by atoms with Crippen LogP contribution < -0.4 is 5.48 Å². The number of hydrogen-bond donors (Lipinski definition) is 1. The highest BCUT2D eigenvalue weighted by molar-refractivity contribution is 5.24. The summed E-state index contributed by atoms with van der Waals surface area (Å²) in [6.45, 7) is 10.5. The molecule has 1 rings (SSSR count). The number of hydrogen-bond acceptors (Lipinski definition) is 2. The van der Waals surface area contributed by atoms with E-state index in [1.165, 1.54) is 11.1 Å². The van der Waals surface area contributed by atoms with Crippen LogP contribution in [-0.4, -0.2) is 5.60 Å². The third kappa shape index (κ3) is 4.88. The van der Waals surface area contributed by atoms with Crippen molar-refractivity contribution < 1.29 is 4.84 Å². The molecule has 17 heavy (non-hydrogen) atoms. The molecule has 1 N–H and O–H groups in total. The summed E-state index contributed by atoms with van der Waals surface area (Å²) in [5.74, 6) is 0. The molecule has 0 aliphatic carbocycles. The van der Waals surface area contributed by atoms with Crippen LogP contribution in [0.25, 0.3) is 0 Å². The van der Waals surface area contributed by atoms with Crippen LogP contribution in [0.2, 0.25) is 0 Å². The van der Waals surface area contributed by atoms with Crippen molar-refractivity contribution in [2.75, 3.05) is 0 Å². The monoisotopic (exact) mass is 235 g/mol. The van der Waals surface area contributed by atoms with E-state index in [2.05, 4.69) is 43.6 Å². The molecule has 0 heterocycles. The maximum absolute atomic E-state index is 5.64. The average Bonchev–Trinajstić information content (AvgIpc) is 2.29. The van der Waals surface area contributed by atoms with Crippen molar-refractivity contribution in [3.05, 3.63) is 35.4 Å². The Morgan fingerprint density at radius 3 is 2.12 bits per heavy atom. The average molecular weight is 235 g/mol. The SMILES string of the molecule is CCc1ccc(C(CC)NOC(C)(C)C)cc1. The number of aryl methyl sites for hydroxylation is 1. The summed E-state index contributed by atoms with van der Waals surface area (Å²) < 4.78 is 0. The van der Waals surface area contributed by atoms with Gasteiger partial charge < -0.3 is 0 Å². The van der Waals surface area contributed by atoms with Crippen molar-refractivity contribution in [3.63, 3.8) is 0 Å². The zero-order valence-electron chi connectivity index (χ0n) is 11.7. The normalized spacial score (nSPS) is 13.7. The molecule has 96 valence electrons. The number of benzene rings is 1. The van der Waals surface area contributed by atoms with Gasteiger partial charge in [0.25, 0.3) is 0 Å². The maximum Gasteiger partial charge on any atom is 0.0813 e.